The number of hydrogen-bond donors (Lipinski definition) is 1. The quantitative estimate of drug-likeness (QED) is 0.680. The number of aryl methyl sites for hydroxylation is 1. The number of piperidine rings is 1. The summed E-state index contributed by atoms with van der Waals surface area (Å²) < 4.78 is 17.7. The predicted molar refractivity (Wildman–Crippen MR) is 117 cm³/mol. The summed E-state index contributed by atoms with van der Waals surface area (Å²) in [5.74, 6) is 1.55. The van der Waals surface area contributed by atoms with Crippen molar-refractivity contribution in [3.63, 3.8) is 0 Å². The van der Waals surface area contributed by atoms with E-state index in [0.29, 0.717) is 22.5 Å². The number of pyridine rings is 1. The second-order valence-corrected chi connectivity index (χ2v) is 8.86. The molecule has 2 aromatic heterocycles. The Morgan fingerprint density at radius 2 is 1.81 bits per heavy atom. The zero-order chi connectivity index (χ0) is 22.1. The van der Waals surface area contributed by atoms with Gasteiger partial charge in [0.2, 0.25) is 11.8 Å². The third kappa shape index (κ3) is 4.71. The monoisotopic (exact) mass is 444 g/mol. The molecule has 0 saturated carbocycles. The van der Waals surface area contributed by atoms with Crippen LogP contribution in [-0.4, -0.2) is 50.2 Å². The Morgan fingerprint density at radius 1 is 1.13 bits per heavy atom. The van der Waals surface area contributed by atoms with Crippen LogP contribution in [0.1, 0.15) is 50.8 Å². The van der Waals surface area contributed by atoms with E-state index in [-0.39, 0.29) is 30.4 Å². The molecule has 2 saturated heterocycles. The molecule has 1 amide bonds. The molecule has 31 heavy (non-hydrogen) atoms. The van der Waals surface area contributed by atoms with E-state index < -0.39 is 0 Å². The van der Waals surface area contributed by atoms with E-state index in [2.05, 4.69) is 27.6 Å². The molecule has 166 valence electrons. The maximum absolute atomic E-state index is 12.5. The first-order valence-corrected chi connectivity index (χ1v) is 11.1. The Morgan fingerprint density at radius 3 is 2.45 bits per heavy atom. The maximum Gasteiger partial charge on any atom is 0.410 e. The Labute approximate surface area is 187 Å². The van der Waals surface area contributed by atoms with E-state index in [4.69, 9.17) is 14.2 Å². The fourth-order valence-electron chi connectivity index (χ4n) is 4.33. The highest BCUT2D eigenvalue weighted by Crippen LogP contribution is 2.38. The van der Waals surface area contributed by atoms with Crippen LogP contribution in [0.5, 0.6) is 17.5 Å². The molecule has 0 aliphatic carbocycles. The number of carbonyl (C=O) groups excluding carboxylic acids is 1. The molecule has 4 heterocycles. The molecular weight excluding hydrogens is 416 g/mol. The van der Waals surface area contributed by atoms with E-state index in [9.17, 15) is 4.79 Å². The van der Waals surface area contributed by atoms with E-state index in [1.54, 1.807) is 6.07 Å². The van der Waals surface area contributed by atoms with Crippen LogP contribution < -0.4 is 9.47 Å². The molecular formula is C22H28N4O4S. The fourth-order valence-corrected chi connectivity index (χ4v) is 4.55. The lowest BCUT2D eigenvalue weighted by Gasteiger charge is -2.38. The smallest absolute Gasteiger partial charge is 0.410 e. The predicted octanol–water partition coefficient (Wildman–Crippen LogP) is 4.49. The lowest BCUT2D eigenvalue weighted by Crippen LogP contribution is -2.50. The number of carbonyl (C=O) groups is 1. The minimum Gasteiger partial charge on any atom is -0.474 e. The van der Waals surface area contributed by atoms with Crippen LogP contribution in [0.15, 0.2) is 23.5 Å². The van der Waals surface area contributed by atoms with Crippen LogP contribution in [0.3, 0.4) is 0 Å². The van der Waals surface area contributed by atoms with Gasteiger partial charge < -0.3 is 19.1 Å². The molecule has 2 bridgehead atoms. The van der Waals surface area contributed by atoms with Crippen LogP contribution in [0.4, 0.5) is 4.79 Å². The molecule has 4 rings (SSSR count). The summed E-state index contributed by atoms with van der Waals surface area (Å²) >= 11 is 4.25. The molecule has 2 aliphatic heterocycles. The normalized spacial score (nSPS) is 22.5. The van der Waals surface area contributed by atoms with Crippen molar-refractivity contribution < 1.29 is 19.0 Å². The topological polar surface area (TPSA) is 86.7 Å². The van der Waals surface area contributed by atoms with Crippen molar-refractivity contribution in [2.75, 3.05) is 0 Å². The molecule has 3 atom stereocenters. The van der Waals surface area contributed by atoms with Gasteiger partial charge in [-0.3, -0.25) is 0 Å². The number of thiol groups is 1. The number of hydrogen-bond acceptors (Lipinski definition) is 8. The number of fused-ring (bicyclic) bond motifs is 2. The van der Waals surface area contributed by atoms with E-state index >= 15 is 0 Å². The maximum atomic E-state index is 12.5. The first kappa shape index (κ1) is 21.7. The number of amides is 1. The van der Waals surface area contributed by atoms with Crippen molar-refractivity contribution >= 4 is 18.7 Å². The van der Waals surface area contributed by atoms with Crippen molar-refractivity contribution in [3.8, 4) is 17.5 Å². The van der Waals surface area contributed by atoms with E-state index in [1.165, 1.54) is 6.33 Å². The minimum atomic E-state index is -0.217. The SMILES string of the molecule is Cc1nc(S)ccc1Oc1ncnc(OC2CC3CC[C@@H](C2)N3C(=O)OC(C)C)c1C. The Balaban J connectivity index is 1.45. The summed E-state index contributed by atoms with van der Waals surface area (Å²) in [7, 11) is 0. The van der Waals surface area contributed by atoms with Crippen molar-refractivity contribution in [1.29, 1.82) is 0 Å². The van der Waals surface area contributed by atoms with Gasteiger partial charge in [0.1, 0.15) is 12.4 Å². The second kappa shape index (κ2) is 8.90. The van der Waals surface area contributed by atoms with Crippen molar-refractivity contribution in [3.05, 3.63) is 29.7 Å². The van der Waals surface area contributed by atoms with Crippen LogP contribution >= 0.6 is 12.6 Å². The Hall–Kier alpha value is -2.55. The molecule has 0 spiro atoms. The first-order chi connectivity index (χ1) is 14.8. The van der Waals surface area contributed by atoms with Crippen molar-refractivity contribution in [2.24, 2.45) is 0 Å². The molecule has 2 fully saturated rings. The summed E-state index contributed by atoms with van der Waals surface area (Å²) in [5.41, 5.74) is 1.45. The zero-order valence-corrected chi connectivity index (χ0v) is 19.1. The minimum absolute atomic E-state index is 0.0195. The molecule has 2 aromatic rings. The summed E-state index contributed by atoms with van der Waals surface area (Å²) in [5, 5.41) is 0.631. The molecule has 2 aliphatic rings. The lowest BCUT2D eigenvalue weighted by molar-refractivity contribution is 0.0206. The highest BCUT2D eigenvalue weighted by molar-refractivity contribution is 7.80. The average Bonchev–Trinajstić information content (AvgIpc) is 2.97. The number of rotatable bonds is 5. The average molecular weight is 445 g/mol. The van der Waals surface area contributed by atoms with Crippen LogP contribution in [0.2, 0.25) is 0 Å². The van der Waals surface area contributed by atoms with Gasteiger partial charge in [-0.25, -0.2) is 19.7 Å². The first-order valence-electron chi connectivity index (χ1n) is 10.6. The molecule has 8 nitrogen and oxygen atoms in total. The zero-order valence-electron chi connectivity index (χ0n) is 18.2. The molecule has 0 radical (unpaired) electrons. The van der Waals surface area contributed by atoms with Gasteiger partial charge in [-0.15, -0.1) is 12.6 Å². The summed E-state index contributed by atoms with van der Waals surface area (Å²) in [6, 6.07) is 3.87. The Kier molecular flexibility index (Phi) is 6.22. The summed E-state index contributed by atoms with van der Waals surface area (Å²) in [6.45, 7) is 7.48. The van der Waals surface area contributed by atoms with Gasteiger partial charge >= 0.3 is 6.09 Å². The van der Waals surface area contributed by atoms with Gasteiger partial charge in [0.05, 0.1) is 22.4 Å². The van der Waals surface area contributed by atoms with Gasteiger partial charge in [-0.1, -0.05) is 0 Å². The van der Waals surface area contributed by atoms with Gasteiger partial charge in [0.25, 0.3) is 0 Å². The lowest BCUT2D eigenvalue weighted by atomic mass is 10.0. The van der Waals surface area contributed by atoms with Gasteiger partial charge in [-0.05, 0) is 52.7 Å². The Bertz CT molecular complexity index is 957. The number of aromatic nitrogens is 3. The van der Waals surface area contributed by atoms with E-state index in [1.807, 2.05) is 38.7 Å². The summed E-state index contributed by atoms with van der Waals surface area (Å²) in [6.07, 6.45) is 4.55. The van der Waals surface area contributed by atoms with Gasteiger partial charge in [-0.2, -0.15) is 0 Å². The standard InChI is InChI=1S/C22H28N4O4S/c1-12(2)28-22(27)26-15-5-6-16(26)10-17(9-15)29-20-13(3)21(24-11-23-20)30-18-7-8-19(31)25-14(18)4/h7-8,11-12,15-17H,5-6,9-10H2,1-4H3,(H,25,31)/t15-,16?,17?/m0/s1. The summed E-state index contributed by atoms with van der Waals surface area (Å²) in [4.78, 5) is 27.3. The van der Waals surface area contributed by atoms with Crippen LogP contribution in [0, 0.1) is 13.8 Å². The molecule has 0 N–H and O–H groups in total. The third-order valence-corrected chi connectivity index (χ3v) is 5.99. The van der Waals surface area contributed by atoms with E-state index in [0.717, 1.165) is 36.9 Å². The van der Waals surface area contributed by atoms with Crippen molar-refractivity contribution in [1.82, 2.24) is 19.9 Å². The largest absolute Gasteiger partial charge is 0.474 e. The third-order valence-electron chi connectivity index (χ3n) is 5.74. The molecule has 2 unspecified atom stereocenters. The number of nitrogens with zero attached hydrogens (tertiary/aromatic N) is 4. The van der Waals surface area contributed by atoms with Crippen LogP contribution in [0.25, 0.3) is 0 Å². The fraction of sp³-hybridized carbons (Fsp3) is 0.545. The second-order valence-electron chi connectivity index (χ2n) is 8.40. The molecule has 9 heteroatoms. The molecule has 0 aromatic carbocycles. The highest BCUT2D eigenvalue weighted by atomic mass is 32.1. The van der Waals surface area contributed by atoms with Gasteiger partial charge in [0, 0.05) is 24.9 Å². The van der Waals surface area contributed by atoms with Crippen LogP contribution in [-0.2, 0) is 4.74 Å². The number of ether oxygens (including phenoxy) is 3. The highest BCUT2D eigenvalue weighted by Gasteiger charge is 2.45. The van der Waals surface area contributed by atoms with Crippen molar-refractivity contribution in [2.45, 2.75) is 82.7 Å². The van der Waals surface area contributed by atoms with Gasteiger partial charge in [0.15, 0.2) is 5.75 Å².